The Morgan fingerprint density at radius 1 is 1.12 bits per heavy atom. The molecule has 1 saturated heterocycles. The van der Waals surface area contributed by atoms with Gasteiger partial charge in [-0.25, -0.2) is 4.79 Å². The second-order valence-corrected chi connectivity index (χ2v) is 19.6. The van der Waals surface area contributed by atoms with E-state index >= 15 is 14.4 Å². The number of rotatable bonds is 21. The molecule has 13 nitrogen and oxygen atoms in total. The minimum Gasteiger partial charge on any atom is -0.459 e. The molecule has 348 valence electrons. The van der Waals surface area contributed by atoms with E-state index in [1.54, 1.807) is 12.1 Å². The minimum atomic E-state index is -2.24. The number of carbonyl (C=O) groups excluding carboxylic acids is 3. The normalized spacial score (nSPS) is 29.1. The van der Waals surface area contributed by atoms with Crippen LogP contribution < -0.4 is 32.3 Å². The van der Waals surface area contributed by atoms with Crippen LogP contribution in [0, 0.1) is 23.2 Å². The molecule has 3 aliphatic carbocycles. The molecular formula is C51H72N6O7. The summed E-state index contributed by atoms with van der Waals surface area (Å²) in [6, 6.07) is 5.38. The Morgan fingerprint density at radius 3 is 2.69 bits per heavy atom. The minimum absolute atomic E-state index is 0.0536. The standard InChI is InChI=1S/C51H72N6O7/c1-6-54-41-25-36-12-8-7-11-35(36)24-40(41)42(15-10-22-58)63-48(62)51-47(61)45-37(27-49(3,4)26-34-18-19-43(52)56-29-34)13-9-14-39(45)46(60)50(51,64-51)28-38(30-59)32(2)16-17-33-20-21-55-44(23-33)57-31-53-5/h8-9,12-14,18-20,23,29,35-36,40-43,53-59H,6-7,10-11,15-17,21-22,24-28,30-31,52H2,1-5H3/b38-32-/t35-,36-,40+,41+,42+,43?,50+,51+/m1/s1. The molecule has 2 fully saturated rings. The molecule has 1 aromatic carbocycles. The largest absolute Gasteiger partial charge is 0.459 e. The number of carbonyl (C=O) groups is 3. The Kier molecular flexibility index (Phi) is 15.2. The van der Waals surface area contributed by atoms with Crippen LogP contribution in [0.2, 0.25) is 0 Å². The number of allylic oxidation sites excluding steroid dienone is 7. The van der Waals surface area contributed by atoms with Crippen LogP contribution in [-0.4, -0.2) is 97.3 Å². The van der Waals surface area contributed by atoms with Gasteiger partial charge in [0.1, 0.15) is 11.9 Å². The van der Waals surface area contributed by atoms with Gasteiger partial charge in [-0.3, -0.25) is 9.59 Å². The number of epoxide rings is 1. The van der Waals surface area contributed by atoms with Gasteiger partial charge in [0, 0.05) is 48.9 Å². The summed E-state index contributed by atoms with van der Waals surface area (Å²) in [6.45, 7) is 9.83. The van der Waals surface area contributed by atoms with Crippen LogP contribution in [0.5, 0.6) is 0 Å². The maximum Gasteiger partial charge on any atom is 0.350 e. The molecule has 7 rings (SSSR count). The summed E-state index contributed by atoms with van der Waals surface area (Å²) >= 11 is 0. The van der Waals surface area contributed by atoms with Gasteiger partial charge in [-0.05, 0) is 136 Å². The molecule has 64 heavy (non-hydrogen) atoms. The number of nitrogens with one attached hydrogen (secondary N) is 5. The smallest absolute Gasteiger partial charge is 0.350 e. The third kappa shape index (κ3) is 9.90. The lowest BCUT2D eigenvalue weighted by Gasteiger charge is -2.45. The summed E-state index contributed by atoms with van der Waals surface area (Å²) in [5, 5.41) is 37.6. The van der Waals surface area contributed by atoms with E-state index in [2.05, 4.69) is 71.7 Å². The fraction of sp³-hybridized carbons (Fsp3) is 0.588. The van der Waals surface area contributed by atoms with E-state index < -0.39 is 34.8 Å². The van der Waals surface area contributed by atoms with Crippen LogP contribution in [0.25, 0.3) is 0 Å². The number of ketones is 2. The van der Waals surface area contributed by atoms with Crippen LogP contribution in [0.4, 0.5) is 0 Å². The third-order valence-electron chi connectivity index (χ3n) is 14.4. The van der Waals surface area contributed by atoms with Crippen molar-refractivity contribution in [1.82, 2.24) is 26.6 Å². The number of aliphatic hydroxyl groups is 2. The number of nitrogens with two attached hydrogens (primary N) is 1. The Hall–Kier alpha value is -4.37. The number of hydrogen-bond acceptors (Lipinski definition) is 13. The number of Topliss-reactive ketones (excluding diaryl/α,β-unsaturated/α-hetero) is 2. The predicted octanol–water partition coefficient (Wildman–Crippen LogP) is 5.13. The van der Waals surface area contributed by atoms with Crippen molar-refractivity contribution in [3.63, 3.8) is 0 Å². The second kappa shape index (κ2) is 20.4. The topological polar surface area (TPSA) is 200 Å². The van der Waals surface area contributed by atoms with Crippen LogP contribution in [-0.2, 0) is 20.7 Å². The van der Waals surface area contributed by atoms with Crippen molar-refractivity contribution in [2.24, 2.45) is 28.9 Å². The van der Waals surface area contributed by atoms with Crippen molar-refractivity contribution < 1.29 is 34.1 Å². The molecule has 6 aliphatic rings. The van der Waals surface area contributed by atoms with Crippen LogP contribution in [0.15, 0.2) is 89.0 Å². The average molecular weight is 881 g/mol. The molecule has 0 bridgehead atoms. The Labute approximate surface area is 379 Å². The highest BCUT2D eigenvalue weighted by Crippen LogP contribution is 2.60. The fourth-order valence-corrected chi connectivity index (χ4v) is 11.1. The van der Waals surface area contributed by atoms with Crippen LogP contribution in [0.3, 0.4) is 0 Å². The maximum absolute atomic E-state index is 15.5. The number of benzene rings is 1. The molecule has 0 aromatic heterocycles. The highest BCUT2D eigenvalue weighted by molar-refractivity contribution is 6.33. The lowest BCUT2D eigenvalue weighted by molar-refractivity contribution is -0.159. The predicted molar refractivity (Wildman–Crippen MR) is 249 cm³/mol. The van der Waals surface area contributed by atoms with Gasteiger partial charge in [-0.1, -0.05) is 68.8 Å². The summed E-state index contributed by atoms with van der Waals surface area (Å²) < 4.78 is 13.2. The molecule has 1 aromatic rings. The van der Waals surface area contributed by atoms with Crippen molar-refractivity contribution in [1.29, 1.82) is 0 Å². The van der Waals surface area contributed by atoms with E-state index in [1.165, 1.54) is 0 Å². The number of esters is 1. The SMILES string of the molecule is CCN[C@H]1C[C@H]2C=CCC[C@@H]2C[C@@H]1[C@H](CCCO)OC(=O)[C@]12O[C@@]1(C/C(CO)=C(\C)CCC1=CCNC(NCNC)=C1)C(=O)c1cccc(CC(C)(C)CC3=CNC(N)C=C3)c1C2=O. The van der Waals surface area contributed by atoms with Crippen LogP contribution in [0.1, 0.15) is 118 Å². The van der Waals surface area contributed by atoms with E-state index in [1.807, 2.05) is 38.4 Å². The lowest BCUT2D eigenvalue weighted by atomic mass is 9.66. The van der Waals surface area contributed by atoms with Crippen LogP contribution >= 0.6 is 0 Å². The molecule has 3 heterocycles. The van der Waals surface area contributed by atoms with Gasteiger partial charge in [0.05, 0.1) is 19.4 Å². The summed E-state index contributed by atoms with van der Waals surface area (Å²) in [6.07, 6.45) is 20.6. The summed E-state index contributed by atoms with van der Waals surface area (Å²) in [4.78, 5) is 46.1. The van der Waals surface area contributed by atoms with E-state index in [-0.39, 0.29) is 54.3 Å². The molecular weight excluding hydrogens is 809 g/mol. The van der Waals surface area contributed by atoms with E-state index in [9.17, 15) is 10.2 Å². The summed E-state index contributed by atoms with van der Waals surface area (Å²) in [7, 11) is 1.87. The molecule has 0 radical (unpaired) electrons. The highest BCUT2D eigenvalue weighted by Gasteiger charge is 2.86. The molecule has 8 atom stereocenters. The maximum atomic E-state index is 15.5. The van der Waals surface area contributed by atoms with Crippen molar-refractivity contribution in [2.75, 3.05) is 40.0 Å². The highest BCUT2D eigenvalue weighted by atomic mass is 16.7. The number of aliphatic hydroxyl groups excluding tert-OH is 2. The first-order valence-electron chi connectivity index (χ1n) is 23.6. The fourth-order valence-electron chi connectivity index (χ4n) is 11.1. The van der Waals surface area contributed by atoms with Gasteiger partial charge in [0.25, 0.3) is 5.60 Å². The molecule has 13 heteroatoms. The quantitative estimate of drug-likeness (QED) is 0.0266. The molecule has 1 unspecified atom stereocenters. The number of hydrogen-bond donors (Lipinski definition) is 8. The molecule has 0 spiro atoms. The first-order chi connectivity index (χ1) is 30.8. The van der Waals surface area contributed by atoms with Gasteiger partial charge >= 0.3 is 5.97 Å². The van der Waals surface area contributed by atoms with Crippen molar-refractivity contribution in [3.8, 4) is 0 Å². The molecule has 3 aliphatic heterocycles. The molecule has 0 amide bonds. The zero-order chi connectivity index (χ0) is 45.6. The second-order valence-electron chi connectivity index (χ2n) is 19.6. The third-order valence-corrected chi connectivity index (χ3v) is 14.4. The van der Waals surface area contributed by atoms with E-state index in [0.717, 1.165) is 54.8 Å². The number of ether oxygens (including phenoxy) is 2. The Morgan fingerprint density at radius 2 is 1.95 bits per heavy atom. The van der Waals surface area contributed by atoms with Gasteiger partial charge in [-0.2, -0.15) is 0 Å². The summed E-state index contributed by atoms with van der Waals surface area (Å²) in [5.74, 6) is -0.177. The zero-order valence-electron chi connectivity index (χ0n) is 38.6. The van der Waals surface area contributed by atoms with Gasteiger partial charge < -0.3 is 52.0 Å². The Bertz CT molecular complexity index is 2100. The zero-order valence-corrected chi connectivity index (χ0v) is 38.6. The molecule has 1 saturated carbocycles. The number of fused-ring (bicyclic) bond motifs is 3. The van der Waals surface area contributed by atoms with Crippen molar-refractivity contribution in [3.05, 3.63) is 106 Å². The van der Waals surface area contributed by atoms with E-state index in [4.69, 9.17) is 15.2 Å². The van der Waals surface area contributed by atoms with Gasteiger partial charge in [0.15, 0.2) is 11.4 Å². The molecule has 9 N–H and O–H groups in total. The Balaban J connectivity index is 1.23. The lowest BCUT2D eigenvalue weighted by Crippen LogP contribution is -2.54. The van der Waals surface area contributed by atoms with Gasteiger partial charge in [0.2, 0.25) is 5.78 Å². The first-order valence-corrected chi connectivity index (χ1v) is 23.6. The average Bonchev–Trinajstić information content (AvgIpc) is 3.99. The number of dihydropyridines is 2. The van der Waals surface area contributed by atoms with Crippen molar-refractivity contribution in [2.45, 2.75) is 128 Å². The van der Waals surface area contributed by atoms with Crippen molar-refractivity contribution >= 4 is 17.5 Å². The first kappa shape index (κ1) is 47.6. The summed E-state index contributed by atoms with van der Waals surface area (Å²) in [5.41, 5.74) is 6.20. The van der Waals surface area contributed by atoms with Gasteiger partial charge in [-0.15, -0.1) is 0 Å². The van der Waals surface area contributed by atoms with E-state index in [0.29, 0.717) is 74.7 Å². The monoisotopic (exact) mass is 881 g/mol.